The maximum absolute atomic E-state index is 12.9. The highest BCUT2D eigenvalue weighted by Crippen LogP contribution is 2.42. The SMILES string of the molecule is COc1cccc(C(O)=C2C(=O)C(=O)N(c3nccs3)[C@H]2c2ccncc2)c1. The van der Waals surface area contributed by atoms with Crippen molar-refractivity contribution >= 4 is 33.9 Å². The van der Waals surface area contributed by atoms with E-state index in [1.807, 2.05) is 0 Å². The number of nitrogens with zero attached hydrogens (tertiary/aromatic N) is 3. The largest absolute Gasteiger partial charge is 0.507 e. The number of hydrogen-bond acceptors (Lipinski definition) is 7. The molecule has 28 heavy (non-hydrogen) atoms. The molecule has 0 aliphatic carbocycles. The van der Waals surface area contributed by atoms with Gasteiger partial charge in [-0.1, -0.05) is 12.1 Å². The summed E-state index contributed by atoms with van der Waals surface area (Å²) in [5.41, 5.74) is 1.03. The minimum Gasteiger partial charge on any atom is -0.507 e. The summed E-state index contributed by atoms with van der Waals surface area (Å²) in [4.78, 5) is 35.2. The van der Waals surface area contributed by atoms with Crippen molar-refractivity contribution < 1.29 is 19.4 Å². The first kappa shape index (κ1) is 17.9. The average molecular weight is 393 g/mol. The van der Waals surface area contributed by atoms with Crippen LogP contribution in [0.5, 0.6) is 5.75 Å². The van der Waals surface area contributed by atoms with E-state index in [1.54, 1.807) is 60.4 Å². The van der Waals surface area contributed by atoms with Gasteiger partial charge in [-0.25, -0.2) is 4.98 Å². The van der Waals surface area contributed by atoms with Crippen LogP contribution in [0.3, 0.4) is 0 Å². The van der Waals surface area contributed by atoms with Crippen LogP contribution in [0.4, 0.5) is 5.13 Å². The molecule has 0 saturated carbocycles. The summed E-state index contributed by atoms with van der Waals surface area (Å²) in [6.07, 6.45) is 4.71. The number of aliphatic hydroxyl groups excluding tert-OH is 1. The second-order valence-electron chi connectivity index (χ2n) is 6.00. The Balaban J connectivity index is 1.93. The Morgan fingerprint density at radius 1 is 1.18 bits per heavy atom. The minimum absolute atomic E-state index is 0.000321. The number of ketones is 1. The first-order valence-corrected chi connectivity index (χ1v) is 9.24. The van der Waals surface area contributed by atoms with Gasteiger partial charge < -0.3 is 9.84 Å². The second kappa shape index (κ2) is 7.24. The molecule has 1 atom stereocenters. The Morgan fingerprint density at radius 3 is 2.64 bits per heavy atom. The number of thiazole rings is 1. The van der Waals surface area contributed by atoms with Gasteiger partial charge in [-0.3, -0.25) is 19.5 Å². The number of pyridine rings is 1. The van der Waals surface area contributed by atoms with E-state index in [1.165, 1.54) is 23.3 Å². The number of benzene rings is 1. The van der Waals surface area contributed by atoms with Crippen LogP contribution >= 0.6 is 11.3 Å². The average Bonchev–Trinajstić information content (AvgIpc) is 3.35. The summed E-state index contributed by atoms with van der Waals surface area (Å²) in [7, 11) is 1.51. The van der Waals surface area contributed by atoms with Gasteiger partial charge >= 0.3 is 5.91 Å². The molecule has 1 aliphatic heterocycles. The van der Waals surface area contributed by atoms with Gasteiger partial charge in [-0.05, 0) is 29.8 Å². The maximum atomic E-state index is 12.9. The molecule has 0 spiro atoms. The molecule has 1 amide bonds. The van der Waals surface area contributed by atoms with Crippen molar-refractivity contribution in [3.8, 4) is 5.75 Å². The van der Waals surface area contributed by atoms with Crippen LogP contribution in [0, 0.1) is 0 Å². The number of ether oxygens (including phenoxy) is 1. The monoisotopic (exact) mass is 393 g/mol. The molecule has 4 rings (SSSR count). The first-order valence-electron chi connectivity index (χ1n) is 8.36. The highest BCUT2D eigenvalue weighted by atomic mass is 32.1. The summed E-state index contributed by atoms with van der Waals surface area (Å²) in [6, 6.07) is 9.29. The van der Waals surface area contributed by atoms with Gasteiger partial charge in [0.2, 0.25) is 0 Å². The number of methoxy groups -OCH3 is 1. The fourth-order valence-electron chi connectivity index (χ4n) is 3.15. The van der Waals surface area contributed by atoms with Crippen molar-refractivity contribution in [3.05, 3.63) is 77.1 Å². The first-order chi connectivity index (χ1) is 13.6. The minimum atomic E-state index is -0.805. The number of Topliss-reactive ketones (excluding diaryl/α,β-unsaturated/α-hetero) is 1. The summed E-state index contributed by atoms with van der Waals surface area (Å²) in [5.74, 6) is -1.24. The second-order valence-corrected chi connectivity index (χ2v) is 6.87. The third-order valence-electron chi connectivity index (χ3n) is 4.43. The molecule has 1 fully saturated rings. The number of rotatable bonds is 4. The molecule has 2 aromatic heterocycles. The van der Waals surface area contributed by atoms with Crippen molar-refractivity contribution in [1.29, 1.82) is 0 Å². The number of amides is 1. The normalized spacial score (nSPS) is 18.5. The van der Waals surface area contributed by atoms with Crippen molar-refractivity contribution in [2.75, 3.05) is 12.0 Å². The van der Waals surface area contributed by atoms with Gasteiger partial charge in [-0.2, -0.15) is 0 Å². The third-order valence-corrected chi connectivity index (χ3v) is 5.21. The van der Waals surface area contributed by atoms with Crippen molar-refractivity contribution in [1.82, 2.24) is 9.97 Å². The molecule has 7 nitrogen and oxygen atoms in total. The van der Waals surface area contributed by atoms with Crippen LogP contribution in [-0.2, 0) is 9.59 Å². The predicted octanol–water partition coefficient (Wildman–Crippen LogP) is 3.17. The van der Waals surface area contributed by atoms with Crippen LogP contribution in [0.15, 0.2) is 65.9 Å². The van der Waals surface area contributed by atoms with Crippen LogP contribution in [-0.4, -0.2) is 33.9 Å². The van der Waals surface area contributed by atoms with Crippen molar-refractivity contribution in [2.45, 2.75) is 6.04 Å². The van der Waals surface area contributed by atoms with Crippen LogP contribution < -0.4 is 9.64 Å². The van der Waals surface area contributed by atoms with Gasteiger partial charge in [0, 0.05) is 29.5 Å². The van der Waals surface area contributed by atoms with E-state index in [-0.39, 0.29) is 11.3 Å². The molecular formula is C20H15N3O4S. The van der Waals surface area contributed by atoms with Gasteiger partial charge in [0.25, 0.3) is 5.78 Å². The molecule has 8 heteroatoms. The number of aromatic nitrogens is 2. The smallest absolute Gasteiger partial charge is 0.301 e. The number of hydrogen-bond donors (Lipinski definition) is 1. The molecule has 1 aliphatic rings. The third kappa shape index (κ3) is 2.93. The van der Waals surface area contributed by atoms with Gasteiger partial charge in [0.1, 0.15) is 11.5 Å². The molecule has 0 radical (unpaired) electrons. The van der Waals surface area contributed by atoms with Crippen LogP contribution in [0.2, 0.25) is 0 Å². The molecule has 1 aromatic carbocycles. The lowest BCUT2D eigenvalue weighted by atomic mass is 9.96. The van der Waals surface area contributed by atoms with E-state index in [2.05, 4.69) is 9.97 Å². The molecule has 0 bridgehead atoms. The summed E-state index contributed by atoms with van der Waals surface area (Å²) >= 11 is 1.24. The van der Waals surface area contributed by atoms with Crippen molar-refractivity contribution in [3.63, 3.8) is 0 Å². The van der Waals surface area contributed by atoms with Gasteiger partial charge in [0.15, 0.2) is 5.13 Å². The molecule has 1 N–H and O–H groups in total. The lowest BCUT2D eigenvalue weighted by Gasteiger charge is -2.22. The fraction of sp³-hybridized carbons (Fsp3) is 0.100. The van der Waals surface area contributed by atoms with Crippen LogP contribution in [0.1, 0.15) is 17.2 Å². The highest BCUT2D eigenvalue weighted by molar-refractivity contribution is 7.14. The lowest BCUT2D eigenvalue weighted by molar-refractivity contribution is -0.132. The number of anilines is 1. The predicted molar refractivity (Wildman–Crippen MR) is 104 cm³/mol. The molecule has 140 valence electrons. The van der Waals surface area contributed by atoms with E-state index >= 15 is 0 Å². The van der Waals surface area contributed by atoms with E-state index in [4.69, 9.17) is 4.74 Å². The summed E-state index contributed by atoms with van der Waals surface area (Å²) in [6.45, 7) is 0. The zero-order valence-electron chi connectivity index (χ0n) is 14.8. The summed E-state index contributed by atoms with van der Waals surface area (Å²) < 4.78 is 5.19. The molecule has 0 unspecified atom stereocenters. The Labute approximate surface area is 164 Å². The molecular weight excluding hydrogens is 378 g/mol. The Bertz CT molecular complexity index is 1060. The Kier molecular flexibility index (Phi) is 4.62. The van der Waals surface area contributed by atoms with E-state index in [0.717, 1.165) is 0 Å². The molecule has 1 saturated heterocycles. The van der Waals surface area contributed by atoms with Gasteiger partial charge in [-0.15, -0.1) is 11.3 Å². The topological polar surface area (TPSA) is 92.6 Å². The Hall–Kier alpha value is -3.52. The summed E-state index contributed by atoms with van der Waals surface area (Å²) in [5, 5.41) is 13.1. The number of aliphatic hydroxyl groups is 1. The maximum Gasteiger partial charge on any atom is 0.301 e. The molecule has 3 aromatic rings. The van der Waals surface area contributed by atoms with E-state index < -0.39 is 17.7 Å². The highest BCUT2D eigenvalue weighted by Gasteiger charge is 2.47. The standard InChI is InChI=1S/C20H15N3O4S/c1-27-14-4-2-3-13(11-14)17(24)15-16(12-5-7-21-8-6-12)23(19(26)18(15)25)20-22-9-10-28-20/h2-11,16,24H,1H3/t16-/m0/s1. The van der Waals surface area contributed by atoms with Crippen molar-refractivity contribution in [2.24, 2.45) is 0 Å². The van der Waals surface area contributed by atoms with E-state index in [9.17, 15) is 14.7 Å². The zero-order chi connectivity index (χ0) is 19.7. The fourth-order valence-corrected chi connectivity index (χ4v) is 3.82. The van der Waals surface area contributed by atoms with Crippen LogP contribution in [0.25, 0.3) is 5.76 Å². The van der Waals surface area contributed by atoms with Gasteiger partial charge in [0.05, 0.1) is 18.7 Å². The quantitative estimate of drug-likeness (QED) is 0.416. The zero-order valence-corrected chi connectivity index (χ0v) is 15.6. The Morgan fingerprint density at radius 2 is 1.96 bits per heavy atom. The number of carbonyl (C=O) groups excluding carboxylic acids is 2. The number of carbonyl (C=O) groups is 2. The lowest BCUT2D eigenvalue weighted by Crippen LogP contribution is -2.29. The van der Waals surface area contributed by atoms with E-state index in [0.29, 0.717) is 22.0 Å². The molecule has 3 heterocycles.